The lowest BCUT2D eigenvalue weighted by Gasteiger charge is -2.22. The Bertz CT molecular complexity index is 552. The smallest absolute Gasteiger partial charge is 0.148 e. The van der Waals surface area contributed by atoms with Crippen LogP contribution >= 0.6 is 15.9 Å². The van der Waals surface area contributed by atoms with Gasteiger partial charge >= 0.3 is 0 Å². The van der Waals surface area contributed by atoms with E-state index in [-0.39, 0.29) is 6.04 Å². The van der Waals surface area contributed by atoms with Gasteiger partial charge in [0.1, 0.15) is 11.3 Å². The first-order chi connectivity index (χ1) is 9.67. The van der Waals surface area contributed by atoms with E-state index in [9.17, 15) is 0 Å². The van der Waals surface area contributed by atoms with Crippen LogP contribution in [-0.2, 0) is 4.74 Å². The van der Waals surface area contributed by atoms with Gasteiger partial charge in [-0.25, -0.2) is 0 Å². The van der Waals surface area contributed by atoms with Gasteiger partial charge in [-0.15, -0.1) is 0 Å². The van der Waals surface area contributed by atoms with Crippen molar-refractivity contribution in [1.29, 1.82) is 0 Å². The molecule has 2 rings (SSSR count). The van der Waals surface area contributed by atoms with Gasteiger partial charge in [-0.2, -0.15) is 0 Å². The quantitative estimate of drug-likeness (QED) is 0.805. The molecule has 0 saturated carbocycles. The standard InChI is InChI=1S/C16H22BrNO2/c1-4-18-15(11(2)8-9-19-3)14-10-12-6-5-7-13(17)16(12)20-14/h5-7,10-11,15,18H,4,8-9H2,1-3H3. The lowest BCUT2D eigenvalue weighted by Crippen LogP contribution is -2.27. The van der Waals surface area contributed by atoms with Gasteiger partial charge < -0.3 is 14.5 Å². The maximum Gasteiger partial charge on any atom is 0.148 e. The molecule has 0 bridgehead atoms. The lowest BCUT2D eigenvalue weighted by molar-refractivity contribution is 0.167. The molecule has 2 atom stereocenters. The Balaban J connectivity index is 2.28. The number of hydrogen-bond acceptors (Lipinski definition) is 3. The van der Waals surface area contributed by atoms with Gasteiger partial charge in [0.25, 0.3) is 0 Å². The van der Waals surface area contributed by atoms with Crippen molar-refractivity contribution >= 4 is 26.9 Å². The number of methoxy groups -OCH3 is 1. The molecule has 0 amide bonds. The third-order valence-electron chi connectivity index (χ3n) is 3.59. The maximum atomic E-state index is 6.06. The van der Waals surface area contributed by atoms with Crippen LogP contribution in [0, 0.1) is 5.92 Å². The topological polar surface area (TPSA) is 34.4 Å². The van der Waals surface area contributed by atoms with Crippen LogP contribution in [0.3, 0.4) is 0 Å². The van der Waals surface area contributed by atoms with Gasteiger partial charge in [0.2, 0.25) is 0 Å². The predicted octanol–water partition coefficient (Wildman–Crippen LogP) is 4.52. The van der Waals surface area contributed by atoms with Crippen LogP contribution in [0.25, 0.3) is 11.0 Å². The summed E-state index contributed by atoms with van der Waals surface area (Å²) in [5, 5.41) is 4.66. The summed E-state index contributed by atoms with van der Waals surface area (Å²) in [5.41, 5.74) is 0.921. The minimum absolute atomic E-state index is 0.217. The van der Waals surface area contributed by atoms with Crippen molar-refractivity contribution in [1.82, 2.24) is 5.32 Å². The first kappa shape index (κ1) is 15.5. The summed E-state index contributed by atoms with van der Waals surface area (Å²) in [6.45, 7) is 6.04. The lowest BCUT2D eigenvalue weighted by atomic mass is 9.96. The van der Waals surface area contributed by atoms with Crippen LogP contribution in [0.2, 0.25) is 0 Å². The Morgan fingerprint density at radius 2 is 2.20 bits per heavy atom. The third-order valence-corrected chi connectivity index (χ3v) is 4.22. The molecule has 2 aromatic rings. The van der Waals surface area contributed by atoms with Crippen LogP contribution in [-0.4, -0.2) is 20.3 Å². The molecule has 2 unspecified atom stereocenters. The fourth-order valence-electron chi connectivity index (χ4n) is 2.47. The van der Waals surface area contributed by atoms with Crippen molar-refractivity contribution in [3.05, 3.63) is 34.5 Å². The second-order valence-corrected chi connectivity index (χ2v) is 5.96. The zero-order chi connectivity index (χ0) is 14.5. The second kappa shape index (κ2) is 7.25. The molecule has 0 spiro atoms. The normalized spacial score (nSPS) is 14.6. The van der Waals surface area contributed by atoms with E-state index in [0.717, 1.165) is 40.8 Å². The van der Waals surface area contributed by atoms with E-state index in [1.807, 2.05) is 12.1 Å². The molecule has 1 heterocycles. The minimum Gasteiger partial charge on any atom is -0.458 e. The first-order valence-electron chi connectivity index (χ1n) is 7.07. The number of hydrogen-bond donors (Lipinski definition) is 1. The maximum absolute atomic E-state index is 6.06. The van der Waals surface area contributed by atoms with Crippen molar-refractivity contribution in [3.8, 4) is 0 Å². The fourth-order valence-corrected chi connectivity index (χ4v) is 2.94. The number of para-hydroxylation sites is 1. The van der Waals surface area contributed by atoms with Crippen LogP contribution in [0.15, 0.2) is 33.2 Å². The average molecular weight is 340 g/mol. The van der Waals surface area contributed by atoms with E-state index >= 15 is 0 Å². The summed E-state index contributed by atoms with van der Waals surface area (Å²) < 4.78 is 12.3. The van der Waals surface area contributed by atoms with Crippen molar-refractivity contribution in [2.24, 2.45) is 5.92 Å². The number of fused-ring (bicyclic) bond motifs is 1. The van der Waals surface area contributed by atoms with E-state index < -0.39 is 0 Å². The highest BCUT2D eigenvalue weighted by Crippen LogP contribution is 2.33. The van der Waals surface area contributed by atoms with Gasteiger partial charge in [-0.05, 0) is 46.9 Å². The molecule has 0 saturated heterocycles. The molecule has 4 heteroatoms. The van der Waals surface area contributed by atoms with E-state index in [2.05, 4.69) is 47.2 Å². The molecule has 3 nitrogen and oxygen atoms in total. The molecule has 0 aliphatic rings. The Morgan fingerprint density at radius 1 is 1.40 bits per heavy atom. The Kier molecular flexibility index (Phi) is 5.64. The number of benzene rings is 1. The summed E-state index contributed by atoms with van der Waals surface area (Å²) in [4.78, 5) is 0. The highest BCUT2D eigenvalue weighted by Gasteiger charge is 2.22. The molecule has 1 aromatic carbocycles. The summed E-state index contributed by atoms with van der Waals surface area (Å²) in [5.74, 6) is 1.45. The van der Waals surface area contributed by atoms with Gasteiger partial charge in [0.15, 0.2) is 0 Å². The molecule has 0 fully saturated rings. The van der Waals surface area contributed by atoms with E-state index in [0.29, 0.717) is 5.92 Å². The zero-order valence-electron chi connectivity index (χ0n) is 12.3. The summed E-state index contributed by atoms with van der Waals surface area (Å²) in [7, 11) is 1.74. The van der Waals surface area contributed by atoms with Crippen molar-refractivity contribution in [2.45, 2.75) is 26.3 Å². The second-order valence-electron chi connectivity index (χ2n) is 5.10. The SMILES string of the molecule is CCNC(c1cc2cccc(Br)c2o1)C(C)CCOC. The van der Waals surface area contributed by atoms with Crippen molar-refractivity contribution in [2.75, 3.05) is 20.3 Å². The molecule has 20 heavy (non-hydrogen) atoms. The minimum atomic E-state index is 0.217. The largest absolute Gasteiger partial charge is 0.458 e. The molecule has 0 aliphatic heterocycles. The third kappa shape index (κ3) is 3.43. The molecule has 0 radical (unpaired) electrons. The van der Waals surface area contributed by atoms with E-state index in [1.54, 1.807) is 7.11 Å². The molecule has 1 aromatic heterocycles. The Labute approximate surface area is 128 Å². The molecule has 0 aliphatic carbocycles. The first-order valence-corrected chi connectivity index (χ1v) is 7.87. The number of ether oxygens (including phenoxy) is 1. The number of rotatable bonds is 7. The molecular formula is C16H22BrNO2. The number of halogens is 1. The highest BCUT2D eigenvalue weighted by atomic mass is 79.9. The zero-order valence-corrected chi connectivity index (χ0v) is 13.9. The fraction of sp³-hybridized carbons (Fsp3) is 0.500. The summed E-state index contributed by atoms with van der Waals surface area (Å²) in [6.07, 6.45) is 1.01. The highest BCUT2D eigenvalue weighted by molar-refractivity contribution is 9.10. The van der Waals surface area contributed by atoms with E-state index in [4.69, 9.17) is 9.15 Å². The Hall–Kier alpha value is -0.840. The van der Waals surface area contributed by atoms with Crippen molar-refractivity contribution < 1.29 is 9.15 Å². The van der Waals surface area contributed by atoms with Gasteiger partial charge in [-0.1, -0.05) is 26.0 Å². The molecule has 1 N–H and O–H groups in total. The van der Waals surface area contributed by atoms with Gasteiger partial charge in [0, 0.05) is 19.1 Å². The summed E-state index contributed by atoms with van der Waals surface area (Å²) >= 11 is 3.54. The molecular weight excluding hydrogens is 318 g/mol. The molecule has 110 valence electrons. The number of furan rings is 1. The monoisotopic (exact) mass is 339 g/mol. The van der Waals surface area contributed by atoms with Crippen LogP contribution in [0.4, 0.5) is 0 Å². The van der Waals surface area contributed by atoms with Gasteiger partial charge in [0.05, 0.1) is 10.5 Å². The van der Waals surface area contributed by atoms with Crippen LogP contribution in [0.5, 0.6) is 0 Å². The van der Waals surface area contributed by atoms with Crippen LogP contribution < -0.4 is 5.32 Å². The summed E-state index contributed by atoms with van der Waals surface area (Å²) in [6, 6.07) is 8.47. The van der Waals surface area contributed by atoms with E-state index in [1.165, 1.54) is 0 Å². The Morgan fingerprint density at radius 3 is 2.85 bits per heavy atom. The predicted molar refractivity (Wildman–Crippen MR) is 86.0 cm³/mol. The van der Waals surface area contributed by atoms with Crippen molar-refractivity contribution in [3.63, 3.8) is 0 Å². The van der Waals surface area contributed by atoms with Crippen LogP contribution in [0.1, 0.15) is 32.1 Å². The number of nitrogens with one attached hydrogen (secondary N) is 1. The van der Waals surface area contributed by atoms with Gasteiger partial charge in [-0.3, -0.25) is 0 Å². The average Bonchev–Trinajstić information content (AvgIpc) is 2.87.